The van der Waals surface area contributed by atoms with E-state index in [1.54, 1.807) is 0 Å². The van der Waals surface area contributed by atoms with Crippen molar-refractivity contribution in [2.24, 2.45) is 28.6 Å². The summed E-state index contributed by atoms with van der Waals surface area (Å²) in [6, 6.07) is 0. The summed E-state index contributed by atoms with van der Waals surface area (Å²) < 4.78 is 5.45. The Labute approximate surface area is 114 Å². The van der Waals surface area contributed by atoms with Gasteiger partial charge in [0.15, 0.2) is 0 Å². The van der Waals surface area contributed by atoms with Gasteiger partial charge in [-0.05, 0) is 74.5 Å². The van der Waals surface area contributed by atoms with Gasteiger partial charge in [-0.1, -0.05) is 0 Å². The average Bonchev–Trinajstić information content (AvgIpc) is 2.76. The second kappa shape index (κ2) is 3.97. The molecule has 1 aliphatic heterocycles. The zero-order chi connectivity index (χ0) is 13.1. The van der Waals surface area contributed by atoms with Gasteiger partial charge in [-0.25, -0.2) is 0 Å². The molecule has 0 amide bonds. The fourth-order valence-corrected chi connectivity index (χ4v) is 6.22. The van der Waals surface area contributed by atoms with Crippen LogP contribution >= 0.6 is 0 Å². The molecule has 1 saturated heterocycles. The first-order valence-corrected chi connectivity index (χ1v) is 7.90. The molecule has 0 radical (unpaired) electrons. The highest BCUT2D eigenvalue weighted by Crippen LogP contribution is 2.63. The van der Waals surface area contributed by atoms with Crippen LogP contribution in [0.5, 0.6) is 0 Å². The van der Waals surface area contributed by atoms with E-state index in [0.717, 1.165) is 30.6 Å². The molecule has 1 heterocycles. The van der Waals surface area contributed by atoms with Gasteiger partial charge in [0.05, 0.1) is 12.0 Å². The minimum Gasteiger partial charge on any atom is -0.481 e. The first kappa shape index (κ1) is 12.2. The molecule has 1 unspecified atom stereocenters. The van der Waals surface area contributed by atoms with E-state index in [1.807, 2.05) is 0 Å². The normalized spacial score (nSPS) is 51.7. The smallest absolute Gasteiger partial charge is 0.312 e. The zero-order valence-electron chi connectivity index (χ0n) is 11.6. The Bertz CT molecular complexity index is 360. The molecule has 1 atom stereocenters. The summed E-state index contributed by atoms with van der Waals surface area (Å²) >= 11 is 0. The Balaban J connectivity index is 1.60. The molecule has 4 saturated carbocycles. The van der Waals surface area contributed by atoms with Crippen molar-refractivity contribution < 1.29 is 14.6 Å². The van der Waals surface area contributed by atoms with Crippen molar-refractivity contribution in [3.05, 3.63) is 0 Å². The minimum absolute atomic E-state index is 0.348. The Kier molecular flexibility index (Phi) is 2.55. The first-order valence-electron chi connectivity index (χ1n) is 7.90. The zero-order valence-corrected chi connectivity index (χ0v) is 11.6. The Morgan fingerprint density at radius 1 is 1.11 bits per heavy atom. The van der Waals surface area contributed by atoms with Crippen LogP contribution < -0.4 is 0 Å². The van der Waals surface area contributed by atoms with Crippen LogP contribution in [-0.4, -0.2) is 24.3 Å². The van der Waals surface area contributed by atoms with Crippen molar-refractivity contribution in [2.45, 2.75) is 51.4 Å². The number of carbonyl (C=O) groups is 1. The lowest BCUT2D eigenvalue weighted by atomic mass is 9.47. The molecule has 5 fully saturated rings. The van der Waals surface area contributed by atoms with Gasteiger partial charge < -0.3 is 9.84 Å². The first-order chi connectivity index (χ1) is 9.09. The van der Waals surface area contributed by atoms with Crippen molar-refractivity contribution >= 4 is 5.97 Å². The maximum absolute atomic E-state index is 11.8. The van der Waals surface area contributed by atoms with Gasteiger partial charge >= 0.3 is 5.97 Å². The molecule has 19 heavy (non-hydrogen) atoms. The molecule has 4 bridgehead atoms. The lowest BCUT2D eigenvalue weighted by Gasteiger charge is -2.58. The lowest BCUT2D eigenvalue weighted by Crippen LogP contribution is -2.49. The fourth-order valence-electron chi connectivity index (χ4n) is 6.22. The van der Waals surface area contributed by atoms with Gasteiger partial charge in [-0.15, -0.1) is 0 Å². The molecule has 5 aliphatic rings. The largest absolute Gasteiger partial charge is 0.481 e. The second-order valence-corrected chi connectivity index (χ2v) is 7.98. The van der Waals surface area contributed by atoms with Gasteiger partial charge in [0.2, 0.25) is 0 Å². The van der Waals surface area contributed by atoms with Crippen LogP contribution in [0.3, 0.4) is 0 Å². The number of carboxylic acid groups (broad SMARTS) is 1. The Morgan fingerprint density at radius 2 is 1.68 bits per heavy atom. The SMILES string of the molecule is O=C(O)C1(CC23CC4CC(CC(C4)C2)C3)CCOC1. The average molecular weight is 264 g/mol. The molecular weight excluding hydrogens is 240 g/mol. The quantitative estimate of drug-likeness (QED) is 0.852. The van der Waals surface area contributed by atoms with E-state index < -0.39 is 11.4 Å². The molecule has 0 aromatic rings. The maximum atomic E-state index is 11.8. The highest BCUT2D eigenvalue weighted by Gasteiger charge is 2.56. The lowest BCUT2D eigenvalue weighted by molar-refractivity contribution is -0.155. The number of aliphatic carboxylic acids is 1. The summed E-state index contributed by atoms with van der Waals surface area (Å²) in [7, 11) is 0. The molecule has 0 aromatic heterocycles. The van der Waals surface area contributed by atoms with E-state index in [1.165, 1.54) is 38.5 Å². The van der Waals surface area contributed by atoms with Crippen molar-refractivity contribution in [3.8, 4) is 0 Å². The number of carboxylic acids is 1. The summed E-state index contributed by atoms with van der Waals surface area (Å²) in [6.07, 6.45) is 9.79. The van der Waals surface area contributed by atoms with Crippen LogP contribution in [0.1, 0.15) is 51.4 Å². The van der Waals surface area contributed by atoms with E-state index in [9.17, 15) is 9.90 Å². The van der Waals surface area contributed by atoms with Gasteiger partial charge in [0, 0.05) is 6.61 Å². The summed E-state index contributed by atoms with van der Waals surface area (Å²) in [5.41, 5.74) is -0.216. The van der Waals surface area contributed by atoms with Crippen molar-refractivity contribution in [1.29, 1.82) is 0 Å². The van der Waals surface area contributed by atoms with Gasteiger partial charge in [0.1, 0.15) is 0 Å². The van der Waals surface area contributed by atoms with E-state index in [2.05, 4.69) is 0 Å². The molecule has 5 rings (SSSR count). The van der Waals surface area contributed by atoms with Gasteiger partial charge in [-0.3, -0.25) is 4.79 Å². The molecule has 3 nitrogen and oxygen atoms in total. The number of ether oxygens (including phenoxy) is 1. The third-order valence-electron chi connectivity index (χ3n) is 6.44. The number of hydrogen-bond acceptors (Lipinski definition) is 2. The number of hydrogen-bond donors (Lipinski definition) is 1. The second-order valence-electron chi connectivity index (χ2n) is 7.98. The van der Waals surface area contributed by atoms with E-state index >= 15 is 0 Å². The molecule has 4 aliphatic carbocycles. The van der Waals surface area contributed by atoms with Crippen LogP contribution in [0.4, 0.5) is 0 Å². The molecule has 0 aromatic carbocycles. The van der Waals surface area contributed by atoms with Gasteiger partial charge in [0.25, 0.3) is 0 Å². The summed E-state index contributed by atoms with van der Waals surface area (Å²) in [4.78, 5) is 11.8. The van der Waals surface area contributed by atoms with E-state index in [4.69, 9.17) is 4.74 Å². The summed E-state index contributed by atoms with van der Waals surface area (Å²) in [5, 5.41) is 9.69. The van der Waals surface area contributed by atoms with Crippen LogP contribution in [0.15, 0.2) is 0 Å². The summed E-state index contributed by atoms with van der Waals surface area (Å²) in [6.45, 7) is 1.09. The predicted octanol–water partition coefficient (Wildman–Crippen LogP) is 3.08. The molecule has 0 spiro atoms. The van der Waals surface area contributed by atoms with Gasteiger partial charge in [-0.2, -0.15) is 0 Å². The minimum atomic E-state index is -0.610. The number of rotatable bonds is 3. The highest BCUT2D eigenvalue weighted by atomic mass is 16.5. The third-order valence-corrected chi connectivity index (χ3v) is 6.44. The third kappa shape index (κ3) is 1.84. The van der Waals surface area contributed by atoms with Crippen LogP contribution in [-0.2, 0) is 9.53 Å². The highest BCUT2D eigenvalue weighted by molar-refractivity contribution is 5.75. The Hall–Kier alpha value is -0.570. The van der Waals surface area contributed by atoms with E-state index in [-0.39, 0.29) is 0 Å². The molecule has 3 heteroatoms. The topological polar surface area (TPSA) is 46.5 Å². The van der Waals surface area contributed by atoms with Crippen LogP contribution in [0, 0.1) is 28.6 Å². The molecule has 106 valence electrons. The van der Waals surface area contributed by atoms with Crippen molar-refractivity contribution in [3.63, 3.8) is 0 Å². The van der Waals surface area contributed by atoms with Crippen molar-refractivity contribution in [1.82, 2.24) is 0 Å². The molecular formula is C16H24O3. The standard InChI is InChI=1S/C16H24O3/c17-14(18)16(1-2-19-10-16)9-15-6-11-3-12(7-15)5-13(4-11)8-15/h11-13H,1-10H2,(H,17,18). The van der Waals surface area contributed by atoms with Crippen LogP contribution in [0.2, 0.25) is 0 Å². The fraction of sp³-hybridized carbons (Fsp3) is 0.938. The summed E-state index contributed by atoms with van der Waals surface area (Å²) in [5.74, 6) is 2.10. The predicted molar refractivity (Wildman–Crippen MR) is 70.7 cm³/mol. The Morgan fingerprint density at radius 3 is 2.11 bits per heavy atom. The molecule has 1 N–H and O–H groups in total. The van der Waals surface area contributed by atoms with E-state index in [0.29, 0.717) is 18.6 Å². The van der Waals surface area contributed by atoms with Crippen LogP contribution in [0.25, 0.3) is 0 Å². The monoisotopic (exact) mass is 264 g/mol. The van der Waals surface area contributed by atoms with Crippen molar-refractivity contribution in [2.75, 3.05) is 13.2 Å². The maximum Gasteiger partial charge on any atom is 0.312 e.